The summed E-state index contributed by atoms with van der Waals surface area (Å²) < 4.78 is 0. The number of unbranched alkanes of at least 4 members (excludes halogenated alkanes) is 3. The van der Waals surface area contributed by atoms with Gasteiger partial charge in [0.15, 0.2) is 0 Å². The van der Waals surface area contributed by atoms with Gasteiger partial charge >= 0.3 is 0 Å². The summed E-state index contributed by atoms with van der Waals surface area (Å²) in [4.78, 5) is 2.09. The van der Waals surface area contributed by atoms with Crippen LogP contribution in [0.15, 0.2) is 47.8 Å². The Morgan fingerprint density at radius 1 is 1.09 bits per heavy atom. The van der Waals surface area contributed by atoms with E-state index in [1.54, 1.807) is 0 Å². The summed E-state index contributed by atoms with van der Waals surface area (Å²) in [6.45, 7) is 1.78. The number of hydrazone groups is 1. The molecular weight excluding hydrogens is 283 g/mol. The van der Waals surface area contributed by atoms with Crippen molar-refractivity contribution in [3.63, 3.8) is 0 Å². The van der Waals surface area contributed by atoms with Crippen LogP contribution in [0, 0.1) is 0 Å². The molecule has 0 unspecified atom stereocenters. The van der Waals surface area contributed by atoms with E-state index in [4.69, 9.17) is 7.85 Å². The second kappa shape index (κ2) is 12.6. The summed E-state index contributed by atoms with van der Waals surface area (Å²) in [6, 6.07) is 10.1. The van der Waals surface area contributed by atoms with E-state index in [0.29, 0.717) is 0 Å². The van der Waals surface area contributed by atoms with Crippen LogP contribution < -0.4 is 10.3 Å². The van der Waals surface area contributed by atoms with E-state index >= 15 is 0 Å². The molecule has 4 nitrogen and oxygen atoms in total. The molecule has 124 valence electrons. The van der Waals surface area contributed by atoms with Crippen LogP contribution >= 0.6 is 0 Å². The smallest absolute Gasteiger partial charge is 0.0653 e. The first-order chi connectivity index (χ1) is 11.2. The SMILES string of the molecule is [B]CCCCCCN/C=C\N(C)C/C=N/N(C)c1ccccc1. The molecule has 1 aromatic carbocycles. The van der Waals surface area contributed by atoms with Gasteiger partial charge < -0.3 is 10.2 Å². The third-order valence-electron chi connectivity index (χ3n) is 3.48. The van der Waals surface area contributed by atoms with Crippen molar-refractivity contribution in [1.29, 1.82) is 0 Å². The van der Waals surface area contributed by atoms with Crippen LogP contribution in [0.25, 0.3) is 0 Å². The number of anilines is 1. The fourth-order valence-electron chi connectivity index (χ4n) is 2.05. The first-order valence-electron chi connectivity index (χ1n) is 8.35. The van der Waals surface area contributed by atoms with Gasteiger partial charge in [-0.1, -0.05) is 43.8 Å². The highest BCUT2D eigenvalue weighted by atomic mass is 15.4. The van der Waals surface area contributed by atoms with Crippen LogP contribution in [-0.4, -0.2) is 46.1 Å². The summed E-state index contributed by atoms with van der Waals surface area (Å²) in [5, 5.41) is 9.60. The molecule has 0 saturated heterocycles. The monoisotopic (exact) mass is 312 g/mol. The Balaban J connectivity index is 2.12. The normalized spacial score (nSPS) is 11.2. The van der Waals surface area contributed by atoms with Crippen molar-refractivity contribution < 1.29 is 0 Å². The number of nitrogens with one attached hydrogen (secondary N) is 1. The van der Waals surface area contributed by atoms with Crippen molar-refractivity contribution in [2.75, 3.05) is 32.2 Å². The molecule has 0 aliphatic carbocycles. The summed E-state index contributed by atoms with van der Waals surface area (Å²) in [7, 11) is 9.46. The lowest BCUT2D eigenvalue weighted by Gasteiger charge is -2.14. The second-order valence-electron chi connectivity index (χ2n) is 5.57. The van der Waals surface area contributed by atoms with Gasteiger partial charge in [-0.05, 0) is 18.6 Å². The van der Waals surface area contributed by atoms with E-state index in [1.807, 2.05) is 68.1 Å². The first kappa shape index (κ1) is 19.1. The molecule has 0 bridgehead atoms. The molecule has 1 rings (SSSR count). The highest BCUT2D eigenvalue weighted by Gasteiger charge is 1.95. The number of benzene rings is 1. The van der Waals surface area contributed by atoms with Crippen LogP contribution in [-0.2, 0) is 0 Å². The van der Waals surface area contributed by atoms with Gasteiger partial charge in [-0.2, -0.15) is 5.10 Å². The van der Waals surface area contributed by atoms with Gasteiger partial charge in [0.1, 0.15) is 0 Å². The molecule has 0 heterocycles. The summed E-state index contributed by atoms with van der Waals surface area (Å²) in [5.74, 6) is 0. The van der Waals surface area contributed by atoms with Crippen molar-refractivity contribution >= 4 is 19.7 Å². The van der Waals surface area contributed by atoms with E-state index in [2.05, 4.69) is 15.3 Å². The molecule has 0 aromatic heterocycles. The Morgan fingerprint density at radius 2 is 1.83 bits per heavy atom. The molecule has 0 spiro atoms. The summed E-state index contributed by atoms with van der Waals surface area (Å²) in [6.07, 6.45) is 11.5. The molecule has 5 heteroatoms. The summed E-state index contributed by atoms with van der Waals surface area (Å²) >= 11 is 0. The Morgan fingerprint density at radius 3 is 2.57 bits per heavy atom. The minimum atomic E-state index is 0.770. The average Bonchev–Trinajstić information content (AvgIpc) is 2.58. The second-order valence-corrected chi connectivity index (χ2v) is 5.57. The van der Waals surface area contributed by atoms with Gasteiger partial charge in [0.2, 0.25) is 0 Å². The molecule has 1 aromatic rings. The fraction of sp³-hybridized carbons (Fsp3) is 0.500. The molecule has 2 radical (unpaired) electrons. The average molecular weight is 312 g/mol. The maximum Gasteiger partial charge on any atom is 0.0653 e. The largest absolute Gasteiger partial charge is 0.390 e. The zero-order valence-electron chi connectivity index (χ0n) is 14.5. The highest BCUT2D eigenvalue weighted by molar-refractivity contribution is 6.08. The zero-order valence-corrected chi connectivity index (χ0v) is 14.5. The quantitative estimate of drug-likeness (QED) is 0.278. The number of hydrogen-bond acceptors (Lipinski definition) is 4. The van der Waals surface area contributed by atoms with E-state index in [1.165, 1.54) is 19.3 Å². The van der Waals surface area contributed by atoms with E-state index in [-0.39, 0.29) is 0 Å². The Bertz CT molecular complexity index is 448. The van der Waals surface area contributed by atoms with Crippen LogP contribution in [0.1, 0.15) is 25.7 Å². The molecule has 23 heavy (non-hydrogen) atoms. The molecule has 0 aliphatic rings. The van der Waals surface area contributed by atoms with E-state index in [0.717, 1.165) is 31.5 Å². The van der Waals surface area contributed by atoms with Gasteiger partial charge in [-0.15, -0.1) is 0 Å². The summed E-state index contributed by atoms with van der Waals surface area (Å²) in [5.41, 5.74) is 1.08. The highest BCUT2D eigenvalue weighted by Crippen LogP contribution is 2.10. The predicted molar refractivity (Wildman–Crippen MR) is 102 cm³/mol. The maximum atomic E-state index is 5.47. The number of para-hydroxylation sites is 1. The van der Waals surface area contributed by atoms with Crippen molar-refractivity contribution in [3.8, 4) is 0 Å². The predicted octanol–water partition coefficient (Wildman–Crippen LogP) is 3.25. The molecule has 0 saturated carbocycles. The lowest BCUT2D eigenvalue weighted by molar-refractivity contribution is 0.522. The number of hydrogen-bond donors (Lipinski definition) is 1. The van der Waals surface area contributed by atoms with Gasteiger partial charge in [0.05, 0.1) is 20.1 Å². The number of rotatable bonds is 12. The molecule has 0 fully saturated rings. The lowest BCUT2D eigenvalue weighted by atomic mass is 9.99. The minimum absolute atomic E-state index is 0.770. The van der Waals surface area contributed by atoms with Crippen molar-refractivity contribution in [2.24, 2.45) is 5.10 Å². The van der Waals surface area contributed by atoms with Gasteiger partial charge in [-0.3, -0.25) is 5.01 Å². The van der Waals surface area contributed by atoms with Gasteiger partial charge in [0.25, 0.3) is 0 Å². The maximum absolute atomic E-state index is 5.47. The zero-order chi connectivity index (χ0) is 16.8. The van der Waals surface area contributed by atoms with Gasteiger partial charge in [0, 0.05) is 39.3 Å². The molecule has 0 aliphatic heterocycles. The van der Waals surface area contributed by atoms with Gasteiger partial charge in [-0.25, -0.2) is 0 Å². The Hall–Kier alpha value is -1.91. The van der Waals surface area contributed by atoms with Crippen LogP contribution in [0.3, 0.4) is 0 Å². The third-order valence-corrected chi connectivity index (χ3v) is 3.48. The van der Waals surface area contributed by atoms with Crippen LogP contribution in [0.2, 0.25) is 6.32 Å². The number of nitrogens with zero attached hydrogens (tertiary/aromatic N) is 3. The van der Waals surface area contributed by atoms with Crippen molar-refractivity contribution in [2.45, 2.75) is 32.0 Å². The Kier molecular flexibility index (Phi) is 10.5. The fourth-order valence-corrected chi connectivity index (χ4v) is 2.05. The molecular formula is C18H29BN4. The van der Waals surface area contributed by atoms with Crippen LogP contribution in [0.4, 0.5) is 5.69 Å². The molecule has 1 N–H and O–H groups in total. The molecule has 0 atom stereocenters. The standard InChI is InChI=1S/C18H29BN4/c1-22(16-14-20-13-9-4-3-8-12-19)17-15-21-23(2)18-10-6-5-7-11-18/h5-7,10-11,14-16,20H,3-4,8-9,12-13,17H2,1-2H3/b16-14-,21-15+. The minimum Gasteiger partial charge on any atom is -0.390 e. The first-order valence-corrected chi connectivity index (χ1v) is 8.35. The van der Waals surface area contributed by atoms with Crippen molar-refractivity contribution in [3.05, 3.63) is 42.7 Å². The Labute approximate surface area is 142 Å². The third kappa shape index (κ3) is 9.66. The lowest BCUT2D eigenvalue weighted by Crippen LogP contribution is -2.17. The van der Waals surface area contributed by atoms with Crippen LogP contribution in [0.5, 0.6) is 0 Å². The van der Waals surface area contributed by atoms with Crippen molar-refractivity contribution in [1.82, 2.24) is 10.2 Å². The molecule has 0 amide bonds. The topological polar surface area (TPSA) is 30.9 Å². The van der Waals surface area contributed by atoms with E-state index < -0.39 is 0 Å². The van der Waals surface area contributed by atoms with E-state index in [9.17, 15) is 0 Å².